The summed E-state index contributed by atoms with van der Waals surface area (Å²) < 4.78 is 1.71. The van der Waals surface area contributed by atoms with E-state index < -0.39 is 11.4 Å². The Labute approximate surface area is 109 Å². The van der Waals surface area contributed by atoms with Crippen molar-refractivity contribution in [3.8, 4) is 0 Å². The van der Waals surface area contributed by atoms with Gasteiger partial charge in [0.05, 0.1) is 17.2 Å². The molecule has 1 aliphatic carbocycles. The Morgan fingerprint density at radius 2 is 2.33 bits per heavy atom. The molecule has 1 aliphatic heterocycles. The summed E-state index contributed by atoms with van der Waals surface area (Å²) >= 11 is 1.88. The topological polar surface area (TPSA) is 80.9 Å². The molecule has 2 fully saturated rings. The molecule has 2 aliphatic rings. The van der Waals surface area contributed by atoms with E-state index in [1.807, 2.05) is 11.8 Å². The zero-order valence-electron chi connectivity index (χ0n) is 10.1. The predicted octanol–water partition coefficient (Wildman–Crippen LogP) is 1.50. The summed E-state index contributed by atoms with van der Waals surface area (Å²) in [5, 5.41) is 21.4. The molecule has 2 heterocycles. The van der Waals surface area contributed by atoms with Gasteiger partial charge in [0, 0.05) is 0 Å². The van der Waals surface area contributed by atoms with Crippen molar-refractivity contribution in [2.75, 3.05) is 5.75 Å². The fraction of sp³-hybridized carbons (Fsp3) is 0.818. The molecular weight excluding hydrogens is 252 g/mol. The molecule has 1 saturated heterocycles. The van der Waals surface area contributed by atoms with Gasteiger partial charge in [0.25, 0.3) is 0 Å². The van der Waals surface area contributed by atoms with Crippen LogP contribution in [0.15, 0.2) is 0 Å². The monoisotopic (exact) mass is 268 g/mol. The maximum Gasteiger partial charge on any atom is 0.311 e. The molecule has 0 radical (unpaired) electrons. The number of thioether (sulfide) groups is 1. The van der Waals surface area contributed by atoms with Gasteiger partial charge in [0.15, 0.2) is 5.82 Å². The molecule has 1 N–H and O–H groups in total. The van der Waals surface area contributed by atoms with Crippen LogP contribution in [0.5, 0.6) is 0 Å². The molecule has 1 unspecified atom stereocenters. The first kappa shape index (κ1) is 12.0. The average Bonchev–Trinajstić information content (AvgIpc) is 3.02. The first-order valence-electron chi connectivity index (χ1n) is 6.32. The van der Waals surface area contributed by atoms with Gasteiger partial charge in [0.2, 0.25) is 0 Å². The lowest BCUT2D eigenvalue weighted by molar-refractivity contribution is -0.144. The summed E-state index contributed by atoms with van der Waals surface area (Å²) in [4.78, 5) is 11.2. The van der Waals surface area contributed by atoms with Crippen LogP contribution in [0.2, 0.25) is 0 Å². The van der Waals surface area contributed by atoms with Gasteiger partial charge in [-0.1, -0.05) is 6.42 Å². The van der Waals surface area contributed by atoms with E-state index >= 15 is 0 Å². The number of rotatable bonds is 4. The minimum Gasteiger partial charge on any atom is -0.481 e. The number of hydrogen-bond donors (Lipinski definition) is 1. The minimum absolute atomic E-state index is 0.332. The van der Waals surface area contributed by atoms with Gasteiger partial charge in [0.1, 0.15) is 0 Å². The molecule has 0 spiro atoms. The minimum atomic E-state index is -0.722. The number of aliphatic carboxylic acids is 1. The predicted molar refractivity (Wildman–Crippen MR) is 66.2 cm³/mol. The molecule has 0 aromatic carbocycles. The quantitative estimate of drug-likeness (QED) is 0.891. The summed E-state index contributed by atoms with van der Waals surface area (Å²) in [6.45, 7) is 0.418. The Balaban J connectivity index is 1.77. The summed E-state index contributed by atoms with van der Waals surface area (Å²) in [6.07, 6.45) is 5.01. The highest BCUT2D eigenvalue weighted by Gasteiger charge is 2.51. The van der Waals surface area contributed by atoms with Gasteiger partial charge in [-0.2, -0.15) is 11.8 Å². The molecule has 0 amide bonds. The van der Waals surface area contributed by atoms with E-state index in [0.717, 1.165) is 30.8 Å². The number of carboxylic acids is 1. The summed E-state index contributed by atoms with van der Waals surface area (Å²) in [5.74, 6) is 1.27. The second-order valence-electron chi connectivity index (χ2n) is 5.14. The highest BCUT2D eigenvalue weighted by Crippen LogP contribution is 2.48. The van der Waals surface area contributed by atoms with Crippen LogP contribution < -0.4 is 0 Å². The van der Waals surface area contributed by atoms with Crippen LogP contribution in [0.4, 0.5) is 0 Å². The number of aromatic nitrogens is 4. The van der Waals surface area contributed by atoms with Crippen molar-refractivity contribution in [1.29, 1.82) is 0 Å². The average molecular weight is 268 g/mol. The number of nitrogens with zero attached hydrogens (tertiary/aromatic N) is 4. The second-order valence-corrected chi connectivity index (χ2v) is 6.45. The molecule has 3 rings (SSSR count). The molecule has 1 aromatic rings. The van der Waals surface area contributed by atoms with Crippen LogP contribution >= 0.6 is 11.8 Å². The van der Waals surface area contributed by atoms with Crippen molar-refractivity contribution in [3.63, 3.8) is 0 Å². The van der Waals surface area contributed by atoms with Crippen LogP contribution in [-0.4, -0.2) is 37.0 Å². The van der Waals surface area contributed by atoms with E-state index in [0.29, 0.717) is 11.8 Å². The summed E-state index contributed by atoms with van der Waals surface area (Å²) in [5.41, 5.74) is -0.608. The van der Waals surface area contributed by atoms with Crippen LogP contribution in [0.25, 0.3) is 0 Å². The van der Waals surface area contributed by atoms with Crippen LogP contribution in [0.1, 0.15) is 43.2 Å². The fourth-order valence-electron chi connectivity index (χ4n) is 2.38. The van der Waals surface area contributed by atoms with E-state index in [9.17, 15) is 9.90 Å². The van der Waals surface area contributed by atoms with Crippen molar-refractivity contribution < 1.29 is 9.90 Å². The Hall–Kier alpha value is -1.11. The van der Waals surface area contributed by atoms with Gasteiger partial charge in [-0.3, -0.25) is 4.79 Å². The number of hydrogen-bond acceptors (Lipinski definition) is 5. The molecule has 0 bridgehead atoms. The normalized spacial score (nSPS) is 25.9. The van der Waals surface area contributed by atoms with Crippen LogP contribution in [0, 0.1) is 5.41 Å². The maximum absolute atomic E-state index is 11.2. The number of carboxylic acid groups (broad SMARTS) is 1. The lowest BCUT2D eigenvalue weighted by Gasteiger charge is -2.21. The van der Waals surface area contributed by atoms with Crippen molar-refractivity contribution in [2.45, 2.75) is 43.9 Å². The fourth-order valence-corrected chi connectivity index (χ4v) is 3.68. The highest BCUT2D eigenvalue weighted by molar-refractivity contribution is 7.99. The van der Waals surface area contributed by atoms with Gasteiger partial charge in [-0.25, -0.2) is 4.68 Å². The van der Waals surface area contributed by atoms with Crippen molar-refractivity contribution in [2.24, 2.45) is 5.41 Å². The standard InChI is InChI=1S/C11H16N4O2S/c16-10(17)11(4-5-11)7-15-9(12-13-14-15)8-3-1-2-6-18-8/h8H,1-7H2,(H,16,17). The Morgan fingerprint density at radius 3 is 2.94 bits per heavy atom. The molecule has 1 aromatic heterocycles. The second kappa shape index (κ2) is 4.53. The number of tetrazole rings is 1. The molecule has 6 nitrogen and oxygen atoms in total. The van der Waals surface area contributed by atoms with E-state index in [-0.39, 0.29) is 0 Å². The smallest absolute Gasteiger partial charge is 0.311 e. The van der Waals surface area contributed by atoms with E-state index in [4.69, 9.17) is 0 Å². The Kier molecular flexibility index (Phi) is 3.01. The van der Waals surface area contributed by atoms with Gasteiger partial charge in [-0.15, -0.1) is 5.10 Å². The zero-order chi connectivity index (χ0) is 12.6. The van der Waals surface area contributed by atoms with Crippen molar-refractivity contribution in [1.82, 2.24) is 20.2 Å². The first-order chi connectivity index (χ1) is 8.71. The lowest BCUT2D eigenvalue weighted by atomic mass is 10.1. The summed E-state index contributed by atoms with van der Waals surface area (Å²) in [6, 6.07) is 0. The zero-order valence-corrected chi connectivity index (χ0v) is 10.9. The molecule has 7 heteroatoms. The number of carbonyl (C=O) groups is 1. The van der Waals surface area contributed by atoms with E-state index in [1.54, 1.807) is 4.68 Å². The lowest BCUT2D eigenvalue weighted by Crippen LogP contribution is -2.24. The maximum atomic E-state index is 11.2. The molecule has 98 valence electrons. The van der Waals surface area contributed by atoms with Crippen LogP contribution in [-0.2, 0) is 11.3 Å². The third kappa shape index (κ3) is 2.11. The molecular formula is C11H16N4O2S. The summed E-state index contributed by atoms with van der Waals surface area (Å²) in [7, 11) is 0. The molecule has 18 heavy (non-hydrogen) atoms. The first-order valence-corrected chi connectivity index (χ1v) is 7.37. The molecule has 1 atom stereocenters. The Bertz CT molecular complexity index is 452. The third-order valence-electron chi connectivity index (χ3n) is 3.79. The van der Waals surface area contributed by atoms with Gasteiger partial charge in [-0.05, 0) is 41.9 Å². The Morgan fingerprint density at radius 1 is 1.50 bits per heavy atom. The largest absolute Gasteiger partial charge is 0.481 e. The van der Waals surface area contributed by atoms with Gasteiger partial charge < -0.3 is 5.11 Å². The van der Waals surface area contributed by atoms with E-state index in [1.165, 1.54) is 12.8 Å². The van der Waals surface area contributed by atoms with Crippen molar-refractivity contribution in [3.05, 3.63) is 5.82 Å². The van der Waals surface area contributed by atoms with Crippen molar-refractivity contribution >= 4 is 17.7 Å². The van der Waals surface area contributed by atoms with Gasteiger partial charge >= 0.3 is 5.97 Å². The van der Waals surface area contributed by atoms with E-state index in [2.05, 4.69) is 15.5 Å². The highest BCUT2D eigenvalue weighted by atomic mass is 32.2. The third-order valence-corrected chi connectivity index (χ3v) is 5.16. The molecule has 1 saturated carbocycles. The van der Waals surface area contributed by atoms with Crippen LogP contribution in [0.3, 0.4) is 0 Å². The SMILES string of the molecule is O=C(O)C1(Cn2nnnc2C2CCCCS2)CC1.